The van der Waals surface area contributed by atoms with Crippen molar-refractivity contribution in [3.63, 3.8) is 0 Å². The lowest BCUT2D eigenvalue weighted by Gasteiger charge is -2.22. The minimum atomic E-state index is -0.658. The Morgan fingerprint density at radius 2 is 0.631 bits per heavy atom. The van der Waals surface area contributed by atoms with Crippen LogP contribution in [0.1, 0.15) is 341 Å². The molecular formula is C61H119NO3. The SMILES string of the molecule is CCCCCCC/C=C\C/C=C\CCCCCCCCCCCCCCCCCCCC(=O)NC(CO)C(O)CCCCCCCCCCCCCCCCCCCCCCCCCC. The van der Waals surface area contributed by atoms with Gasteiger partial charge in [-0.15, -0.1) is 0 Å². The van der Waals surface area contributed by atoms with Gasteiger partial charge in [0.15, 0.2) is 0 Å². The lowest BCUT2D eigenvalue weighted by molar-refractivity contribution is -0.123. The maximum atomic E-state index is 12.5. The van der Waals surface area contributed by atoms with Gasteiger partial charge in [0.05, 0.1) is 18.8 Å². The number of nitrogens with one attached hydrogen (secondary N) is 1. The van der Waals surface area contributed by atoms with Crippen molar-refractivity contribution in [1.29, 1.82) is 0 Å². The second-order valence-corrected chi connectivity index (χ2v) is 20.8. The van der Waals surface area contributed by atoms with Crippen molar-refractivity contribution in [2.24, 2.45) is 0 Å². The van der Waals surface area contributed by atoms with Gasteiger partial charge in [-0.2, -0.15) is 0 Å². The minimum Gasteiger partial charge on any atom is -0.394 e. The van der Waals surface area contributed by atoms with E-state index >= 15 is 0 Å². The van der Waals surface area contributed by atoms with Crippen LogP contribution < -0.4 is 5.32 Å². The molecule has 0 radical (unpaired) electrons. The van der Waals surface area contributed by atoms with Crippen LogP contribution in [0.3, 0.4) is 0 Å². The van der Waals surface area contributed by atoms with Gasteiger partial charge in [-0.25, -0.2) is 0 Å². The van der Waals surface area contributed by atoms with Crippen LogP contribution in [0.15, 0.2) is 24.3 Å². The number of hydrogen-bond donors (Lipinski definition) is 3. The predicted molar refractivity (Wildman–Crippen MR) is 290 cm³/mol. The van der Waals surface area contributed by atoms with E-state index in [1.54, 1.807) is 0 Å². The van der Waals surface area contributed by atoms with Gasteiger partial charge in [-0.05, 0) is 44.9 Å². The Labute approximate surface area is 409 Å². The molecule has 0 heterocycles. The predicted octanol–water partition coefficient (Wildman–Crippen LogP) is 19.9. The highest BCUT2D eigenvalue weighted by Gasteiger charge is 2.20. The first-order chi connectivity index (χ1) is 32.2. The first kappa shape index (κ1) is 63.9. The Morgan fingerprint density at radius 3 is 0.923 bits per heavy atom. The molecule has 65 heavy (non-hydrogen) atoms. The van der Waals surface area contributed by atoms with Crippen molar-refractivity contribution in [1.82, 2.24) is 5.32 Å². The number of amides is 1. The van der Waals surface area contributed by atoms with Gasteiger partial charge in [0.1, 0.15) is 0 Å². The van der Waals surface area contributed by atoms with Crippen LogP contribution in [0.5, 0.6) is 0 Å². The number of allylic oxidation sites excluding steroid dienone is 4. The molecule has 2 atom stereocenters. The highest BCUT2D eigenvalue weighted by atomic mass is 16.3. The van der Waals surface area contributed by atoms with E-state index in [0.29, 0.717) is 12.8 Å². The highest BCUT2D eigenvalue weighted by molar-refractivity contribution is 5.76. The molecule has 0 saturated carbocycles. The van der Waals surface area contributed by atoms with Gasteiger partial charge in [0.25, 0.3) is 0 Å². The molecule has 1 amide bonds. The summed E-state index contributed by atoms with van der Waals surface area (Å²) >= 11 is 0. The summed E-state index contributed by atoms with van der Waals surface area (Å²) in [6.07, 6.45) is 76.1. The number of aliphatic hydroxyl groups is 2. The quantitative estimate of drug-likeness (QED) is 0.0421. The largest absolute Gasteiger partial charge is 0.394 e. The zero-order valence-electron chi connectivity index (χ0n) is 44.5. The molecule has 2 unspecified atom stereocenters. The van der Waals surface area contributed by atoms with Crippen LogP contribution in [0, 0.1) is 0 Å². The normalized spacial score (nSPS) is 12.9. The highest BCUT2D eigenvalue weighted by Crippen LogP contribution is 2.18. The number of aliphatic hydroxyl groups excluding tert-OH is 2. The van der Waals surface area contributed by atoms with Crippen molar-refractivity contribution in [2.75, 3.05) is 6.61 Å². The number of carbonyl (C=O) groups is 1. The molecule has 0 aromatic carbocycles. The molecule has 0 aromatic heterocycles. The van der Waals surface area contributed by atoms with E-state index < -0.39 is 12.1 Å². The smallest absolute Gasteiger partial charge is 0.220 e. The molecule has 0 aliphatic rings. The molecule has 0 rings (SSSR count). The Kier molecular flexibility index (Phi) is 56.2. The fraction of sp³-hybridized carbons (Fsp3) is 0.918. The number of unbranched alkanes of at least 4 members (excludes halogenated alkanes) is 45. The van der Waals surface area contributed by atoms with Crippen molar-refractivity contribution < 1.29 is 15.0 Å². The maximum absolute atomic E-state index is 12.5. The van der Waals surface area contributed by atoms with E-state index in [-0.39, 0.29) is 12.5 Å². The van der Waals surface area contributed by atoms with Gasteiger partial charge >= 0.3 is 0 Å². The van der Waals surface area contributed by atoms with Crippen LogP contribution in [-0.4, -0.2) is 34.9 Å². The zero-order valence-corrected chi connectivity index (χ0v) is 44.5. The van der Waals surface area contributed by atoms with Crippen molar-refractivity contribution in [2.45, 2.75) is 353 Å². The minimum absolute atomic E-state index is 0.0245. The van der Waals surface area contributed by atoms with Crippen LogP contribution >= 0.6 is 0 Å². The second kappa shape index (κ2) is 57.2. The van der Waals surface area contributed by atoms with Crippen LogP contribution in [0.25, 0.3) is 0 Å². The molecule has 3 N–H and O–H groups in total. The Hall–Kier alpha value is -1.13. The second-order valence-electron chi connectivity index (χ2n) is 20.8. The van der Waals surface area contributed by atoms with Gasteiger partial charge in [-0.3, -0.25) is 4.79 Å². The van der Waals surface area contributed by atoms with Gasteiger partial charge in [-0.1, -0.05) is 314 Å². The van der Waals surface area contributed by atoms with E-state index in [9.17, 15) is 15.0 Å². The standard InChI is InChI=1S/C61H119NO3/c1-3-5-7-9-11-13-15-17-19-21-23-25-27-29-30-31-32-33-35-37-39-41-43-45-47-49-51-53-55-57-61(65)62-59(58-63)60(64)56-54-52-50-48-46-44-42-40-38-36-34-28-26-24-22-20-18-16-14-12-10-8-6-4-2/h15,17,21,23,59-60,63-64H,3-14,16,18-20,22,24-58H2,1-2H3,(H,62,65)/b17-15-,23-21-. The summed E-state index contributed by atoms with van der Waals surface area (Å²) in [6.45, 7) is 4.39. The summed E-state index contributed by atoms with van der Waals surface area (Å²) in [5.74, 6) is -0.0245. The average Bonchev–Trinajstić information content (AvgIpc) is 3.31. The fourth-order valence-corrected chi connectivity index (χ4v) is 9.63. The molecule has 0 bridgehead atoms. The summed E-state index contributed by atoms with van der Waals surface area (Å²) < 4.78 is 0. The molecule has 0 saturated heterocycles. The Bertz CT molecular complexity index is 947. The van der Waals surface area contributed by atoms with Crippen molar-refractivity contribution in [3.8, 4) is 0 Å². The van der Waals surface area contributed by atoms with E-state index in [1.165, 1.54) is 283 Å². The summed E-state index contributed by atoms with van der Waals surface area (Å²) in [4.78, 5) is 12.5. The third-order valence-electron chi connectivity index (χ3n) is 14.2. The molecule has 0 aliphatic carbocycles. The molecule has 4 heteroatoms. The van der Waals surface area contributed by atoms with Crippen LogP contribution in [0.2, 0.25) is 0 Å². The fourth-order valence-electron chi connectivity index (χ4n) is 9.63. The van der Waals surface area contributed by atoms with Crippen molar-refractivity contribution in [3.05, 3.63) is 24.3 Å². The lowest BCUT2D eigenvalue weighted by Crippen LogP contribution is -2.45. The van der Waals surface area contributed by atoms with Gasteiger partial charge < -0.3 is 15.5 Å². The van der Waals surface area contributed by atoms with Crippen molar-refractivity contribution >= 4 is 5.91 Å². The average molecular weight is 915 g/mol. The van der Waals surface area contributed by atoms with E-state index in [2.05, 4.69) is 43.5 Å². The maximum Gasteiger partial charge on any atom is 0.220 e. The first-order valence-corrected chi connectivity index (χ1v) is 30.0. The monoisotopic (exact) mass is 914 g/mol. The van der Waals surface area contributed by atoms with Gasteiger partial charge in [0, 0.05) is 6.42 Å². The molecule has 0 aliphatic heterocycles. The topological polar surface area (TPSA) is 69.6 Å². The van der Waals surface area contributed by atoms with E-state index in [0.717, 1.165) is 32.1 Å². The Balaban J connectivity index is 3.42. The van der Waals surface area contributed by atoms with Crippen LogP contribution in [-0.2, 0) is 4.79 Å². The summed E-state index contributed by atoms with van der Waals surface area (Å²) in [7, 11) is 0. The molecular weight excluding hydrogens is 795 g/mol. The van der Waals surface area contributed by atoms with E-state index in [4.69, 9.17) is 0 Å². The van der Waals surface area contributed by atoms with Gasteiger partial charge in [0.2, 0.25) is 5.91 Å². The van der Waals surface area contributed by atoms with E-state index in [1.807, 2.05) is 0 Å². The number of carbonyl (C=O) groups excluding carboxylic acids is 1. The molecule has 0 fully saturated rings. The summed E-state index contributed by atoms with van der Waals surface area (Å²) in [5, 5.41) is 23.4. The third kappa shape index (κ3) is 53.7. The molecule has 4 nitrogen and oxygen atoms in total. The zero-order chi connectivity index (χ0) is 47.0. The third-order valence-corrected chi connectivity index (χ3v) is 14.2. The first-order valence-electron chi connectivity index (χ1n) is 30.0. The number of hydrogen-bond acceptors (Lipinski definition) is 3. The summed E-state index contributed by atoms with van der Waals surface area (Å²) in [5.41, 5.74) is 0. The molecule has 386 valence electrons. The van der Waals surface area contributed by atoms with Crippen LogP contribution in [0.4, 0.5) is 0 Å². The lowest BCUT2D eigenvalue weighted by atomic mass is 10.0. The number of rotatable bonds is 56. The molecule has 0 spiro atoms. The summed E-state index contributed by atoms with van der Waals surface area (Å²) in [6, 6.07) is -0.535. The Morgan fingerprint density at radius 1 is 0.369 bits per heavy atom. The molecule has 0 aromatic rings.